The predicted molar refractivity (Wildman–Crippen MR) is 135 cm³/mol. The number of hydrogen-bond donors (Lipinski definition) is 2. The van der Waals surface area contributed by atoms with Crippen molar-refractivity contribution in [1.29, 1.82) is 10.5 Å². The number of nitriles is 2. The van der Waals surface area contributed by atoms with E-state index < -0.39 is 0 Å². The number of ether oxygens (including phenoxy) is 2. The van der Waals surface area contributed by atoms with E-state index in [1.165, 1.54) is 0 Å². The van der Waals surface area contributed by atoms with Crippen LogP contribution in [0.5, 0.6) is 11.5 Å². The van der Waals surface area contributed by atoms with Gasteiger partial charge in [-0.05, 0) is 61.4 Å². The minimum Gasteiger partial charge on any atom is -0.457 e. The fourth-order valence-electron chi connectivity index (χ4n) is 3.96. The molecule has 1 aromatic heterocycles. The topological polar surface area (TPSA) is 106 Å². The van der Waals surface area contributed by atoms with Gasteiger partial charge in [-0.1, -0.05) is 0 Å². The molecule has 0 amide bonds. The standard InChI is InChI=1S/C27H28N6O2/c1-19-13-22(18-29)14-20(2)27(19)35-24-15-25(30-7-8-33-9-11-34-12-10-33)32-26(16-24)31-23-5-3-21(17-28)4-6-23/h3-6,13-16H,7-12H2,1-2H3,(H2,30,31,32). The molecule has 1 aliphatic rings. The van der Waals surface area contributed by atoms with Crippen molar-refractivity contribution in [3.05, 3.63) is 70.8 Å². The molecule has 178 valence electrons. The van der Waals surface area contributed by atoms with Crippen LogP contribution in [0, 0.1) is 36.5 Å². The number of anilines is 3. The number of benzene rings is 2. The summed E-state index contributed by atoms with van der Waals surface area (Å²) in [6.07, 6.45) is 0. The Morgan fingerprint density at radius 1 is 0.943 bits per heavy atom. The SMILES string of the molecule is Cc1cc(C#N)cc(C)c1Oc1cc(NCCN2CCOCC2)nc(Nc2ccc(C#N)cc2)c1. The Kier molecular flexibility index (Phi) is 7.79. The van der Waals surface area contributed by atoms with Gasteiger partial charge in [-0.15, -0.1) is 0 Å². The Bertz CT molecular complexity index is 1230. The number of rotatable bonds is 8. The van der Waals surface area contributed by atoms with Gasteiger partial charge in [-0.25, -0.2) is 4.98 Å². The summed E-state index contributed by atoms with van der Waals surface area (Å²) in [4.78, 5) is 7.07. The molecule has 0 bridgehead atoms. The van der Waals surface area contributed by atoms with Crippen LogP contribution < -0.4 is 15.4 Å². The van der Waals surface area contributed by atoms with Crippen molar-refractivity contribution in [3.8, 4) is 23.6 Å². The zero-order valence-corrected chi connectivity index (χ0v) is 20.0. The van der Waals surface area contributed by atoms with Gasteiger partial charge in [0.25, 0.3) is 0 Å². The third-order valence-electron chi connectivity index (χ3n) is 5.73. The molecule has 2 aromatic carbocycles. The van der Waals surface area contributed by atoms with Gasteiger partial charge in [0, 0.05) is 44.0 Å². The Morgan fingerprint density at radius 2 is 1.60 bits per heavy atom. The molecule has 8 heteroatoms. The molecule has 8 nitrogen and oxygen atoms in total. The molecule has 35 heavy (non-hydrogen) atoms. The van der Waals surface area contributed by atoms with Crippen LogP contribution >= 0.6 is 0 Å². The molecule has 0 atom stereocenters. The Labute approximate surface area is 205 Å². The van der Waals surface area contributed by atoms with E-state index in [4.69, 9.17) is 19.7 Å². The Morgan fingerprint density at radius 3 is 2.26 bits per heavy atom. The van der Waals surface area contributed by atoms with Crippen LogP contribution in [0.25, 0.3) is 0 Å². The first-order valence-electron chi connectivity index (χ1n) is 11.6. The van der Waals surface area contributed by atoms with Crippen LogP contribution in [0.1, 0.15) is 22.3 Å². The Balaban J connectivity index is 1.56. The molecule has 2 heterocycles. The number of nitrogens with zero attached hydrogens (tertiary/aromatic N) is 4. The van der Waals surface area contributed by atoms with Gasteiger partial charge < -0.3 is 20.1 Å². The van der Waals surface area contributed by atoms with Crippen molar-refractivity contribution in [2.24, 2.45) is 0 Å². The fourth-order valence-corrected chi connectivity index (χ4v) is 3.96. The summed E-state index contributed by atoms with van der Waals surface area (Å²) in [7, 11) is 0. The summed E-state index contributed by atoms with van der Waals surface area (Å²) in [5.74, 6) is 2.65. The van der Waals surface area contributed by atoms with Crippen molar-refractivity contribution in [1.82, 2.24) is 9.88 Å². The van der Waals surface area contributed by atoms with Gasteiger partial charge in [0.15, 0.2) is 0 Å². The van der Waals surface area contributed by atoms with Crippen molar-refractivity contribution in [2.75, 3.05) is 50.0 Å². The maximum atomic E-state index is 9.25. The normalized spacial score (nSPS) is 13.5. The van der Waals surface area contributed by atoms with Crippen LogP contribution in [-0.2, 0) is 4.74 Å². The van der Waals surface area contributed by atoms with Crippen molar-refractivity contribution in [2.45, 2.75) is 13.8 Å². The quantitative estimate of drug-likeness (QED) is 0.489. The molecule has 2 N–H and O–H groups in total. The molecule has 0 radical (unpaired) electrons. The molecule has 1 aliphatic heterocycles. The molecule has 0 spiro atoms. The van der Waals surface area contributed by atoms with E-state index in [1.54, 1.807) is 12.1 Å². The number of nitrogens with one attached hydrogen (secondary N) is 2. The van der Waals surface area contributed by atoms with Crippen molar-refractivity contribution < 1.29 is 9.47 Å². The highest BCUT2D eigenvalue weighted by Gasteiger charge is 2.12. The van der Waals surface area contributed by atoms with Gasteiger partial charge in [0.1, 0.15) is 23.1 Å². The zero-order valence-electron chi connectivity index (χ0n) is 20.0. The number of morpholine rings is 1. The average molecular weight is 469 g/mol. The lowest BCUT2D eigenvalue weighted by atomic mass is 10.1. The number of aryl methyl sites for hydroxylation is 2. The molecule has 0 saturated carbocycles. The first-order valence-corrected chi connectivity index (χ1v) is 11.6. The highest BCUT2D eigenvalue weighted by atomic mass is 16.5. The summed E-state index contributed by atoms with van der Waals surface area (Å²) < 4.78 is 11.7. The number of aromatic nitrogens is 1. The van der Waals surface area contributed by atoms with E-state index in [9.17, 15) is 5.26 Å². The highest BCUT2D eigenvalue weighted by molar-refractivity contribution is 5.62. The molecule has 1 saturated heterocycles. The molecular formula is C27H28N6O2. The van der Waals surface area contributed by atoms with E-state index >= 15 is 0 Å². The van der Waals surface area contributed by atoms with Crippen LogP contribution in [0.15, 0.2) is 48.5 Å². The lowest BCUT2D eigenvalue weighted by Gasteiger charge is -2.26. The molecule has 0 unspecified atom stereocenters. The summed E-state index contributed by atoms with van der Waals surface area (Å²) >= 11 is 0. The second-order valence-corrected chi connectivity index (χ2v) is 8.42. The first kappa shape index (κ1) is 24.0. The maximum absolute atomic E-state index is 9.25. The first-order chi connectivity index (χ1) is 17.0. The molecule has 1 fully saturated rings. The van der Waals surface area contributed by atoms with E-state index in [2.05, 4.69) is 27.7 Å². The highest BCUT2D eigenvalue weighted by Crippen LogP contribution is 2.32. The number of hydrogen-bond acceptors (Lipinski definition) is 8. The summed E-state index contributed by atoms with van der Waals surface area (Å²) in [5.41, 5.74) is 3.80. The zero-order chi connectivity index (χ0) is 24.6. The smallest absolute Gasteiger partial charge is 0.136 e. The van der Waals surface area contributed by atoms with E-state index in [1.807, 2.05) is 50.2 Å². The second-order valence-electron chi connectivity index (χ2n) is 8.42. The molecule has 3 aromatic rings. The van der Waals surface area contributed by atoms with Crippen LogP contribution in [0.3, 0.4) is 0 Å². The number of pyridine rings is 1. The monoisotopic (exact) mass is 468 g/mol. The fraction of sp³-hybridized carbons (Fsp3) is 0.296. The van der Waals surface area contributed by atoms with Gasteiger partial charge in [-0.2, -0.15) is 10.5 Å². The van der Waals surface area contributed by atoms with Crippen LogP contribution in [0.2, 0.25) is 0 Å². The third-order valence-corrected chi connectivity index (χ3v) is 5.73. The van der Waals surface area contributed by atoms with Crippen LogP contribution in [-0.4, -0.2) is 49.3 Å². The summed E-state index contributed by atoms with van der Waals surface area (Å²) in [6.45, 7) is 8.89. The minimum atomic E-state index is 0.595. The predicted octanol–water partition coefficient (Wildman–Crippen LogP) is 4.72. The van der Waals surface area contributed by atoms with Gasteiger partial charge in [0.2, 0.25) is 0 Å². The van der Waals surface area contributed by atoms with Gasteiger partial charge >= 0.3 is 0 Å². The van der Waals surface area contributed by atoms with Crippen LogP contribution in [0.4, 0.5) is 17.3 Å². The van der Waals surface area contributed by atoms with Crippen molar-refractivity contribution >= 4 is 17.3 Å². The van der Waals surface area contributed by atoms with E-state index in [-0.39, 0.29) is 0 Å². The Hall–Kier alpha value is -4.11. The third kappa shape index (κ3) is 6.48. The second kappa shape index (κ2) is 11.3. The van der Waals surface area contributed by atoms with E-state index in [0.717, 1.165) is 62.0 Å². The largest absolute Gasteiger partial charge is 0.457 e. The summed E-state index contributed by atoms with van der Waals surface area (Å²) in [5, 5.41) is 25.0. The molecule has 0 aliphatic carbocycles. The lowest BCUT2D eigenvalue weighted by Crippen LogP contribution is -2.39. The lowest BCUT2D eigenvalue weighted by molar-refractivity contribution is 0.0398. The van der Waals surface area contributed by atoms with Gasteiger partial charge in [-0.3, -0.25) is 4.90 Å². The van der Waals surface area contributed by atoms with Gasteiger partial charge in [0.05, 0.1) is 36.5 Å². The maximum Gasteiger partial charge on any atom is 0.136 e. The molecule has 4 rings (SSSR count). The minimum absolute atomic E-state index is 0.595. The molecular weight excluding hydrogens is 440 g/mol. The van der Waals surface area contributed by atoms with Crippen molar-refractivity contribution in [3.63, 3.8) is 0 Å². The average Bonchev–Trinajstić information content (AvgIpc) is 2.87. The summed E-state index contributed by atoms with van der Waals surface area (Å²) in [6, 6.07) is 18.9. The van der Waals surface area contributed by atoms with E-state index in [0.29, 0.717) is 28.5 Å².